The number of hydrogen-bond donors (Lipinski definition) is 0. The minimum Gasteiger partial charge on any atom is -0.297 e. The molecule has 0 aliphatic heterocycles. The van der Waals surface area contributed by atoms with E-state index in [9.17, 15) is 14.4 Å². The van der Waals surface area contributed by atoms with E-state index < -0.39 is 23.2 Å². The van der Waals surface area contributed by atoms with E-state index in [0.717, 1.165) is 4.57 Å². The Morgan fingerprint density at radius 1 is 1.28 bits per heavy atom. The smallest absolute Gasteiger partial charge is 0.269 e. The number of nitrogens with zero attached hydrogens (tertiary/aromatic N) is 2. The lowest BCUT2D eigenvalue weighted by Crippen LogP contribution is -2.36. The van der Waals surface area contributed by atoms with Crippen LogP contribution in [-0.4, -0.2) is 16.1 Å². The zero-order valence-electron chi connectivity index (χ0n) is 10.8. The van der Waals surface area contributed by atoms with Gasteiger partial charge in [0.1, 0.15) is 11.6 Å². The normalized spacial score (nSPS) is 10.2. The predicted octanol–water partition coefficient (Wildman–Crippen LogP) is 1.06. The first-order chi connectivity index (χ1) is 8.31. The Hall–Kier alpha value is -2.22. The molecule has 0 unspecified atom stereocenters. The summed E-state index contributed by atoms with van der Waals surface area (Å²) in [4.78, 5) is 35.2. The Morgan fingerprint density at radius 2 is 1.78 bits per heavy atom. The van der Waals surface area contributed by atoms with Gasteiger partial charge in [0.2, 0.25) is 0 Å². The number of aryl methyl sites for hydroxylation is 2. The van der Waals surface area contributed by atoms with Crippen LogP contribution in [0.3, 0.4) is 0 Å². The Bertz CT molecular complexity index is 606. The van der Waals surface area contributed by atoms with E-state index in [4.69, 9.17) is 5.26 Å². The molecule has 0 saturated heterocycles. The van der Waals surface area contributed by atoms with Crippen molar-refractivity contribution in [3.63, 3.8) is 0 Å². The number of carbonyl (C=O) groups is 2. The highest BCUT2D eigenvalue weighted by Crippen LogP contribution is 2.13. The second kappa shape index (κ2) is 4.96. The fraction of sp³-hybridized carbons (Fsp3) is 0.385. The van der Waals surface area contributed by atoms with Crippen molar-refractivity contribution in [2.75, 3.05) is 0 Å². The third-order valence-corrected chi connectivity index (χ3v) is 2.77. The van der Waals surface area contributed by atoms with Crippen molar-refractivity contribution in [2.45, 2.75) is 33.7 Å². The highest BCUT2D eigenvalue weighted by atomic mass is 16.2. The van der Waals surface area contributed by atoms with Crippen molar-refractivity contribution in [3.8, 4) is 6.07 Å². The molecule has 1 rings (SSSR count). The highest BCUT2D eigenvalue weighted by Gasteiger charge is 2.25. The monoisotopic (exact) mass is 246 g/mol. The Labute approximate surface area is 105 Å². The van der Waals surface area contributed by atoms with Crippen LogP contribution in [0.4, 0.5) is 0 Å². The fourth-order valence-corrected chi connectivity index (χ4v) is 2.01. The number of ketones is 2. The number of Topliss-reactive ketones (excluding diaryl/α,β-unsaturated/α-hetero) is 2. The standard InChI is InChI=1S/C13H14N2O3/c1-7-5-8(2)15(13(18)11(7)6-14)12(9(3)16)10(4)17/h5,12H,1-4H3. The van der Waals surface area contributed by atoms with Crippen LogP contribution in [0.1, 0.15) is 36.7 Å². The molecule has 0 spiro atoms. The minimum atomic E-state index is -1.15. The Balaban J connectivity index is 3.70. The molecule has 0 aromatic carbocycles. The summed E-state index contributed by atoms with van der Waals surface area (Å²) >= 11 is 0. The molecule has 0 radical (unpaired) electrons. The molecule has 94 valence electrons. The first-order valence-electron chi connectivity index (χ1n) is 5.45. The summed E-state index contributed by atoms with van der Waals surface area (Å²) in [5.74, 6) is -0.833. The van der Waals surface area contributed by atoms with Gasteiger partial charge in [-0.3, -0.25) is 19.0 Å². The topological polar surface area (TPSA) is 79.9 Å². The molecule has 1 aromatic rings. The molecule has 1 aromatic heterocycles. The quantitative estimate of drug-likeness (QED) is 0.747. The zero-order valence-corrected chi connectivity index (χ0v) is 10.8. The highest BCUT2D eigenvalue weighted by molar-refractivity contribution is 6.02. The minimum absolute atomic E-state index is 0.0342. The molecule has 0 saturated carbocycles. The molecule has 5 nitrogen and oxygen atoms in total. The summed E-state index contributed by atoms with van der Waals surface area (Å²) in [5.41, 5.74) is 0.410. The van der Waals surface area contributed by atoms with Crippen LogP contribution >= 0.6 is 0 Å². The predicted molar refractivity (Wildman–Crippen MR) is 65.3 cm³/mol. The van der Waals surface area contributed by atoms with Gasteiger partial charge in [0.15, 0.2) is 17.6 Å². The van der Waals surface area contributed by atoms with Crippen molar-refractivity contribution >= 4 is 11.6 Å². The van der Waals surface area contributed by atoms with Crippen molar-refractivity contribution < 1.29 is 9.59 Å². The second-order valence-corrected chi connectivity index (χ2v) is 4.25. The van der Waals surface area contributed by atoms with Gasteiger partial charge in [0, 0.05) is 5.69 Å². The second-order valence-electron chi connectivity index (χ2n) is 4.25. The summed E-state index contributed by atoms with van der Waals surface area (Å²) in [5, 5.41) is 8.94. The summed E-state index contributed by atoms with van der Waals surface area (Å²) in [6.45, 7) is 5.79. The van der Waals surface area contributed by atoms with Crippen molar-refractivity contribution in [3.05, 3.63) is 33.2 Å². The average molecular weight is 246 g/mol. The molecule has 0 aliphatic carbocycles. The van der Waals surface area contributed by atoms with E-state index in [1.807, 2.05) is 6.07 Å². The molecule has 1 heterocycles. The van der Waals surface area contributed by atoms with E-state index in [0.29, 0.717) is 11.3 Å². The first kappa shape index (κ1) is 13.8. The van der Waals surface area contributed by atoms with E-state index >= 15 is 0 Å². The van der Waals surface area contributed by atoms with Crippen LogP contribution in [0.25, 0.3) is 0 Å². The largest absolute Gasteiger partial charge is 0.297 e. The number of carbonyl (C=O) groups excluding carboxylic acids is 2. The third-order valence-electron chi connectivity index (χ3n) is 2.77. The van der Waals surface area contributed by atoms with Gasteiger partial charge in [0.05, 0.1) is 0 Å². The maximum atomic E-state index is 12.1. The van der Waals surface area contributed by atoms with Crippen LogP contribution in [-0.2, 0) is 9.59 Å². The number of hydrogen-bond acceptors (Lipinski definition) is 4. The van der Waals surface area contributed by atoms with Gasteiger partial charge in [-0.1, -0.05) is 0 Å². The van der Waals surface area contributed by atoms with E-state index in [-0.39, 0.29) is 5.56 Å². The van der Waals surface area contributed by atoms with Crippen LogP contribution < -0.4 is 5.56 Å². The summed E-state index contributed by atoms with van der Waals surface area (Å²) in [7, 11) is 0. The van der Waals surface area contributed by atoms with Gasteiger partial charge in [-0.15, -0.1) is 0 Å². The van der Waals surface area contributed by atoms with Crippen molar-refractivity contribution in [1.82, 2.24) is 4.57 Å². The number of aromatic nitrogens is 1. The number of rotatable bonds is 3. The Morgan fingerprint density at radius 3 is 2.17 bits per heavy atom. The lowest BCUT2D eigenvalue weighted by atomic mass is 10.1. The third kappa shape index (κ3) is 2.23. The summed E-state index contributed by atoms with van der Waals surface area (Å²) in [6, 6.07) is 2.28. The molecular weight excluding hydrogens is 232 g/mol. The van der Waals surface area contributed by atoms with Gasteiger partial charge in [-0.25, -0.2) is 0 Å². The van der Waals surface area contributed by atoms with Gasteiger partial charge in [-0.05, 0) is 39.3 Å². The fourth-order valence-electron chi connectivity index (χ4n) is 2.01. The summed E-state index contributed by atoms with van der Waals surface area (Å²) < 4.78 is 1.09. The van der Waals surface area contributed by atoms with Crippen LogP contribution in [0, 0.1) is 25.2 Å². The molecule has 0 amide bonds. The van der Waals surface area contributed by atoms with Crippen LogP contribution in [0.15, 0.2) is 10.9 Å². The molecule has 0 aliphatic rings. The molecule has 0 bridgehead atoms. The van der Waals surface area contributed by atoms with Crippen LogP contribution in [0.5, 0.6) is 0 Å². The van der Waals surface area contributed by atoms with Gasteiger partial charge >= 0.3 is 0 Å². The SMILES string of the molecule is CC(=O)C(C(C)=O)n1c(C)cc(C)c(C#N)c1=O. The van der Waals surface area contributed by atoms with Crippen molar-refractivity contribution in [2.24, 2.45) is 0 Å². The first-order valence-corrected chi connectivity index (χ1v) is 5.45. The lowest BCUT2D eigenvalue weighted by Gasteiger charge is -2.18. The zero-order chi connectivity index (χ0) is 14.0. The average Bonchev–Trinajstić information content (AvgIpc) is 2.23. The maximum absolute atomic E-state index is 12.1. The van der Waals surface area contributed by atoms with Gasteiger partial charge in [-0.2, -0.15) is 5.26 Å². The molecule has 0 N–H and O–H groups in total. The van der Waals surface area contributed by atoms with Gasteiger partial charge < -0.3 is 0 Å². The van der Waals surface area contributed by atoms with Crippen LogP contribution in [0.2, 0.25) is 0 Å². The van der Waals surface area contributed by atoms with E-state index in [2.05, 4.69) is 0 Å². The molecular formula is C13H14N2O3. The number of nitriles is 1. The maximum Gasteiger partial charge on any atom is 0.269 e. The molecule has 0 atom stereocenters. The van der Waals surface area contributed by atoms with E-state index in [1.165, 1.54) is 13.8 Å². The number of pyridine rings is 1. The Kier molecular flexibility index (Phi) is 3.82. The summed E-state index contributed by atoms with van der Waals surface area (Å²) in [6.07, 6.45) is 0. The lowest BCUT2D eigenvalue weighted by molar-refractivity contribution is -0.129. The molecule has 0 fully saturated rings. The van der Waals surface area contributed by atoms with Gasteiger partial charge in [0.25, 0.3) is 5.56 Å². The molecule has 18 heavy (non-hydrogen) atoms. The molecule has 5 heteroatoms. The van der Waals surface area contributed by atoms with Crippen molar-refractivity contribution in [1.29, 1.82) is 5.26 Å². The van der Waals surface area contributed by atoms with E-state index in [1.54, 1.807) is 19.9 Å².